The Morgan fingerprint density at radius 1 is 1.15 bits per heavy atom. The molecular formula is C12H13Cl3N2O3. The van der Waals surface area contributed by atoms with Crippen molar-refractivity contribution in [3.05, 3.63) is 27.2 Å². The number of hydrogen-bond donors (Lipinski definition) is 2. The molecule has 1 aromatic carbocycles. The summed E-state index contributed by atoms with van der Waals surface area (Å²) < 4.78 is 0. The topological polar surface area (TPSA) is 69.6 Å². The Bertz CT molecular complexity index is 523. The van der Waals surface area contributed by atoms with Gasteiger partial charge in [-0.15, -0.1) is 0 Å². The molecule has 0 aliphatic carbocycles. The second-order valence-corrected chi connectivity index (χ2v) is 5.21. The second kappa shape index (κ2) is 7.69. The molecule has 1 aromatic rings. The van der Waals surface area contributed by atoms with Crippen LogP contribution in [0.3, 0.4) is 0 Å². The van der Waals surface area contributed by atoms with E-state index in [1.165, 1.54) is 17.0 Å². The normalized spacial score (nSPS) is 10.7. The largest absolute Gasteiger partial charge is 0.480 e. The molecule has 5 nitrogen and oxygen atoms in total. The summed E-state index contributed by atoms with van der Waals surface area (Å²) in [7, 11) is 0. The third-order valence-corrected chi connectivity index (χ3v) is 3.49. The van der Waals surface area contributed by atoms with Crippen LogP contribution in [0, 0.1) is 0 Å². The number of carbonyl (C=O) groups excluding carboxylic acids is 1. The van der Waals surface area contributed by atoms with Gasteiger partial charge in [-0.2, -0.15) is 0 Å². The Morgan fingerprint density at radius 3 is 2.30 bits per heavy atom. The average Bonchev–Trinajstić information content (AvgIpc) is 2.34. The first-order chi connectivity index (χ1) is 9.33. The number of rotatable bonds is 6. The smallest absolute Gasteiger partial charge is 0.317 e. The molecule has 20 heavy (non-hydrogen) atoms. The molecule has 0 heterocycles. The maximum absolute atomic E-state index is 11.8. The summed E-state index contributed by atoms with van der Waals surface area (Å²) in [5, 5.41) is 12.1. The fourth-order valence-corrected chi connectivity index (χ4v) is 2.08. The van der Waals surface area contributed by atoms with Crippen LogP contribution in [-0.2, 0) is 9.59 Å². The van der Waals surface area contributed by atoms with Crippen molar-refractivity contribution in [1.29, 1.82) is 0 Å². The minimum Gasteiger partial charge on any atom is -0.480 e. The summed E-state index contributed by atoms with van der Waals surface area (Å²) in [5.74, 6) is -1.37. The van der Waals surface area contributed by atoms with E-state index in [4.69, 9.17) is 39.9 Å². The van der Waals surface area contributed by atoms with E-state index in [9.17, 15) is 9.59 Å². The Balaban J connectivity index is 2.71. The summed E-state index contributed by atoms with van der Waals surface area (Å²) in [5.41, 5.74) is 0.331. The van der Waals surface area contributed by atoms with Crippen LogP contribution in [0.1, 0.15) is 6.92 Å². The number of carbonyl (C=O) groups is 2. The van der Waals surface area contributed by atoms with Crippen molar-refractivity contribution in [3.63, 3.8) is 0 Å². The average molecular weight is 340 g/mol. The molecule has 2 N–H and O–H groups in total. The van der Waals surface area contributed by atoms with Gasteiger partial charge in [0.1, 0.15) is 0 Å². The summed E-state index contributed by atoms with van der Waals surface area (Å²) in [4.78, 5) is 23.9. The van der Waals surface area contributed by atoms with Crippen LogP contribution in [-0.4, -0.2) is 41.5 Å². The molecule has 0 spiro atoms. The van der Waals surface area contributed by atoms with Crippen molar-refractivity contribution in [2.75, 3.05) is 25.0 Å². The molecule has 0 fully saturated rings. The zero-order valence-electron chi connectivity index (χ0n) is 10.6. The molecule has 0 aliphatic rings. The van der Waals surface area contributed by atoms with Crippen LogP contribution in [0.15, 0.2) is 12.1 Å². The summed E-state index contributed by atoms with van der Waals surface area (Å²) in [6.45, 7) is 1.94. The van der Waals surface area contributed by atoms with Crippen molar-refractivity contribution in [2.45, 2.75) is 6.92 Å². The van der Waals surface area contributed by atoms with Gasteiger partial charge in [0, 0.05) is 0 Å². The number of amides is 1. The maximum atomic E-state index is 11.8. The third kappa shape index (κ3) is 5.17. The number of aliphatic carboxylic acids is 1. The Morgan fingerprint density at radius 2 is 1.75 bits per heavy atom. The molecular weight excluding hydrogens is 327 g/mol. The Hall–Kier alpha value is -1.01. The minimum atomic E-state index is -0.993. The van der Waals surface area contributed by atoms with Crippen LogP contribution in [0.25, 0.3) is 0 Å². The summed E-state index contributed by atoms with van der Waals surface area (Å²) >= 11 is 17.6. The first-order valence-corrected chi connectivity index (χ1v) is 6.85. The molecule has 0 saturated heterocycles. The third-order valence-electron chi connectivity index (χ3n) is 2.46. The lowest BCUT2D eigenvalue weighted by Crippen LogP contribution is -2.36. The number of carboxylic acid groups (broad SMARTS) is 1. The van der Waals surface area contributed by atoms with Gasteiger partial charge in [-0.25, -0.2) is 0 Å². The van der Waals surface area contributed by atoms with Crippen LogP contribution < -0.4 is 5.32 Å². The number of anilines is 1. The highest BCUT2D eigenvalue weighted by molar-refractivity contribution is 6.44. The van der Waals surface area contributed by atoms with E-state index in [0.29, 0.717) is 12.2 Å². The lowest BCUT2D eigenvalue weighted by atomic mass is 10.3. The maximum Gasteiger partial charge on any atom is 0.317 e. The minimum absolute atomic E-state index is 0.0562. The van der Waals surface area contributed by atoms with Crippen molar-refractivity contribution >= 4 is 52.4 Å². The zero-order valence-corrected chi connectivity index (χ0v) is 12.9. The zero-order chi connectivity index (χ0) is 15.3. The molecule has 0 unspecified atom stereocenters. The molecule has 8 heteroatoms. The molecule has 0 saturated carbocycles. The molecule has 1 amide bonds. The highest BCUT2D eigenvalue weighted by Gasteiger charge is 2.14. The van der Waals surface area contributed by atoms with Gasteiger partial charge in [0.05, 0.1) is 33.8 Å². The van der Waals surface area contributed by atoms with Crippen LogP contribution in [0.5, 0.6) is 0 Å². The SMILES string of the molecule is CCN(CC(=O)O)CC(=O)Nc1cc(Cl)c(Cl)cc1Cl. The number of benzene rings is 1. The van der Waals surface area contributed by atoms with Crippen molar-refractivity contribution < 1.29 is 14.7 Å². The fraction of sp³-hybridized carbons (Fsp3) is 0.333. The molecule has 0 radical (unpaired) electrons. The summed E-state index contributed by atoms with van der Waals surface area (Å²) in [6.07, 6.45) is 0. The lowest BCUT2D eigenvalue weighted by molar-refractivity contribution is -0.138. The van der Waals surface area contributed by atoms with Crippen molar-refractivity contribution in [2.24, 2.45) is 0 Å². The van der Waals surface area contributed by atoms with E-state index >= 15 is 0 Å². The first-order valence-electron chi connectivity index (χ1n) is 5.72. The number of nitrogens with one attached hydrogen (secondary N) is 1. The van der Waals surface area contributed by atoms with Crippen LogP contribution >= 0.6 is 34.8 Å². The van der Waals surface area contributed by atoms with Gasteiger partial charge in [0.2, 0.25) is 5.91 Å². The van der Waals surface area contributed by atoms with Crippen molar-refractivity contribution in [3.8, 4) is 0 Å². The van der Waals surface area contributed by atoms with Gasteiger partial charge in [0.25, 0.3) is 0 Å². The van der Waals surface area contributed by atoms with E-state index in [1.807, 2.05) is 0 Å². The van der Waals surface area contributed by atoms with E-state index in [1.54, 1.807) is 6.92 Å². The van der Waals surface area contributed by atoms with E-state index in [0.717, 1.165) is 0 Å². The molecule has 0 aliphatic heterocycles. The van der Waals surface area contributed by atoms with Gasteiger partial charge >= 0.3 is 5.97 Å². The van der Waals surface area contributed by atoms with Gasteiger partial charge < -0.3 is 10.4 Å². The van der Waals surface area contributed by atoms with Crippen LogP contribution in [0.2, 0.25) is 15.1 Å². The number of hydrogen-bond acceptors (Lipinski definition) is 3. The molecule has 0 aromatic heterocycles. The molecule has 0 bridgehead atoms. The van der Waals surface area contributed by atoms with Gasteiger partial charge in [-0.05, 0) is 18.7 Å². The van der Waals surface area contributed by atoms with Gasteiger partial charge in [-0.3, -0.25) is 14.5 Å². The first kappa shape index (κ1) is 17.0. The highest BCUT2D eigenvalue weighted by atomic mass is 35.5. The number of carboxylic acids is 1. The van der Waals surface area contributed by atoms with Crippen molar-refractivity contribution in [1.82, 2.24) is 4.90 Å². The van der Waals surface area contributed by atoms with E-state index in [2.05, 4.69) is 5.32 Å². The molecule has 110 valence electrons. The fourth-order valence-electron chi connectivity index (χ4n) is 1.48. The van der Waals surface area contributed by atoms with Gasteiger partial charge in [-0.1, -0.05) is 41.7 Å². The Kier molecular flexibility index (Phi) is 6.55. The molecule has 0 atom stereocenters. The number of likely N-dealkylation sites (N-methyl/N-ethyl adjacent to an activating group) is 1. The predicted octanol–water partition coefficient (Wildman–Crippen LogP) is 2.99. The monoisotopic (exact) mass is 338 g/mol. The predicted molar refractivity (Wildman–Crippen MR) is 79.9 cm³/mol. The quantitative estimate of drug-likeness (QED) is 0.782. The number of halogens is 3. The van der Waals surface area contributed by atoms with Gasteiger partial charge in [0.15, 0.2) is 0 Å². The van der Waals surface area contributed by atoms with Crippen LogP contribution in [0.4, 0.5) is 5.69 Å². The van der Waals surface area contributed by atoms with E-state index < -0.39 is 5.97 Å². The lowest BCUT2D eigenvalue weighted by Gasteiger charge is -2.17. The second-order valence-electron chi connectivity index (χ2n) is 3.99. The number of nitrogens with zero attached hydrogens (tertiary/aromatic N) is 1. The summed E-state index contributed by atoms with van der Waals surface area (Å²) in [6, 6.07) is 2.87. The Labute approximate surface area is 131 Å². The standard InChI is InChI=1S/C12H13Cl3N2O3/c1-2-17(6-12(19)20)5-11(18)16-10-4-8(14)7(13)3-9(10)15/h3-4H,2,5-6H2,1H3,(H,16,18)(H,19,20). The van der Waals surface area contributed by atoms with E-state index in [-0.39, 0.29) is 34.1 Å². The highest BCUT2D eigenvalue weighted by Crippen LogP contribution is 2.32. The molecule has 1 rings (SSSR count).